The van der Waals surface area contributed by atoms with E-state index in [0.717, 1.165) is 28.2 Å². The summed E-state index contributed by atoms with van der Waals surface area (Å²) < 4.78 is 0. The highest BCUT2D eigenvalue weighted by Gasteiger charge is 2.09. The molecule has 3 heteroatoms. The molecular weight excluding hydrogens is 210 g/mol. The predicted octanol–water partition coefficient (Wildman–Crippen LogP) is 2.58. The second-order valence-corrected chi connectivity index (χ2v) is 4.26. The number of nitrogens with zero attached hydrogens (tertiary/aromatic N) is 1. The molecular formula is C14H17N3. The topological polar surface area (TPSA) is 55.3 Å². The van der Waals surface area contributed by atoms with Crippen molar-refractivity contribution in [3.63, 3.8) is 0 Å². The molecule has 0 aromatic heterocycles. The Labute approximate surface area is 102 Å². The second-order valence-electron chi connectivity index (χ2n) is 4.26. The van der Waals surface area contributed by atoms with Crippen LogP contribution in [-0.4, -0.2) is 14.1 Å². The number of para-hydroxylation sites is 1. The van der Waals surface area contributed by atoms with E-state index in [1.165, 1.54) is 0 Å². The molecule has 0 spiro atoms. The van der Waals surface area contributed by atoms with E-state index < -0.39 is 0 Å². The van der Waals surface area contributed by atoms with Crippen LogP contribution >= 0.6 is 0 Å². The van der Waals surface area contributed by atoms with Gasteiger partial charge in [0.05, 0.1) is 11.4 Å². The molecule has 0 amide bonds. The molecule has 0 fully saturated rings. The van der Waals surface area contributed by atoms with Crippen molar-refractivity contribution in [1.29, 1.82) is 0 Å². The van der Waals surface area contributed by atoms with Crippen molar-refractivity contribution in [1.82, 2.24) is 0 Å². The Morgan fingerprint density at radius 1 is 0.882 bits per heavy atom. The van der Waals surface area contributed by atoms with Crippen LogP contribution in [0.15, 0.2) is 42.5 Å². The Morgan fingerprint density at radius 3 is 2.12 bits per heavy atom. The maximum Gasteiger partial charge on any atom is 0.0674 e. The minimum Gasteiger partial charge on any atom is -0.399 e. The monoisotopic (exact) mass is 227 g/mol. The minimum atomic E-state index is 0.768. The lowest BCUT2D eigenvalue weighted by atomic mass is 10.0. The molecule has 0 heterocycles. The van der Waals surface area contributed by atoms with Gasteiger partial charge < -0.3 is 16.4 Å². The first-order chi connectivity index (χ1) is 8.09. The quantitative estimate of drug-likeness (QED) is 0.775. The van der Waals surface area contributed by atoms with Crippen LogP contribution in [0.1, 0.15) is 0 Å². The van der Waals surface area contributed by atoms with Crippen molar-refractivity contribution in [2.75, 3.05) is 30.5 Å². The van der Waals surface area contributed by atoms with Gasteiger partial charge in [0.2, 0.25) is 0 Å². The average Bonchev–Trinajstić information content (AvgIpc) is 2.29. The number of benzene rings is 2. The molecule has 0 unspecified atom stereocenters. The van der Waals surface area contributed by atoms with Crippen molar-refractivity contribution >= 4 is 17.1 Å². The molecule has 2 aromatic rings. The average molecular weight is 227 g/mol. The van der Waals surface area contributed by atoms with Gasteiger partial charge in [-0.05, 0) is 23.8 Å². The Bertz CT molecular complexity index is 515. The Morgan fingerprint density at radius 2 is 1.53 bits per heavy atom. The summed E-state index contributed by atoms with van der Waals surface area (Å²) in [5.74, 6) is 0. The number of hydrogen-bond acceptors (Lipinski definition) is 3. The standard InChI is InChI=1S/C14H17N3/c1-17(2)14-12(4-3-5-13(14)16)10-6-8-11(15)9-7-10/h3-9H,15-16H2,1-2H3. The third kappa shape index (κ3) is 2.18. The molecule has 2 rings (SSSR count). The van der Waals surface area contributed by atoms with E-state index in [4.69, 9.17) is 11.5 Å². The van der Waals surface area contributed by atoms with Crippen molar-refractivity contribution in [3.05, 3.63) is 42.5 Å². The molecule has 0 aliphatic rings. The summed E-state index contributed by atoms with van der Waals surface area (Å²) in [6, 6.07) is 13.8. The molecule has 17 heavy (non-hydrogen) atoms. The summed E-state index contributed by atoms with van der Waals surface area (Å²) in [7, 11) is 3.99. The van der Waals surface area contributed by atoms with Crippen LogP contribution in [0.2, 0.25) is 0 Å². The van der Waals surface area contributed by atoms with Crippen LogP contribution in [-0.2, 0) is 0 Å². The molecule has 0 radical (unpaired) electrons. The van der Waals surface area contributed by atoms with Crippen LogP contribution in [0.3, 0.4) is 0 Å². The first kappa shape index (κ1) is 11.3. The Hall–Kier alpha value is -2.16. The number of nitrogen functional groups attached to an aromatic ring is 2. The summed E-state index contributed by atoms with van der Waals surface area (Å²) in [4.78, 5) is 2.03. The smallest absolute Gasteiger partial charge is 0.0674 e. The van der Waals surface area contributed by atoms with Gasteiger partial charge in [0, 0.05) is 25.3 Å². The molecule has 0 atom stereocenters. The first-order valence-corrected chi connectivity index (χ1v) is 5.51. The Balaban J connectivity index is 2.59. The highest BCUT2D eigenvalue weighted by Crippen LogP contribution is 2.34. The van der Waals surface area contributed by atoms with E-state index >= 15 is 0 Å². The van der Waals surface area contributed by atoms with Gasteiger partial charge in [-0.25, -0.2) is 0 Å². The van der Waals surface area contributed by atoms with Gasteiger partial charge in [-0.15, -0.1) is 0 Å². The summed E-state index contributed by atoms with van der Waals surface area (Å²) in [5.41, 5.74) is 16.6. The van der Waals surface area contributed by atoms with E-state index in [1.54, 1.807) is 0 Å². The van der Waals surface area contributed by atoms with E-state index in [2.05, 4.69) is 6.07 Å². The van der Waals surface area contributed by atoms with Crippen LogP contribution in [0, 0.1) is 0 Å². The molecule has 0 bridgehead atoms. The first-order valence-electron chi connectivity index (χ1n) is 5.51. The summed E-state index contributed by atoms with van der Waals surface area (Å²) >= 11 is 0. The van der Waals surface area contributed by atoms with Crippen molar-refractivity contribution < 1.29 is 0 Å². The molecule has 0 saturated carbocycles. The van der Waals surface area contributed by atoms with Crippen molar-refractivity contribution in [2.45, 2.75) is 0 Å². The molecule has 88 valence electrons. The lowest BCUT2D eigenvalue weighted by Gasteiger charge is -2.20. The minimum absolute atomic E-state index is 0.768. The molecule has 0 aliphatic carbocycles. The third-order valence-electron chi connectivity index (χ3n) is 2.74. The fourth-order valence-electron chi connectivity index (χ4n) is 1.96. The lowest BCUT2D eigenvalue weighted by Crippen LogP contribution is -2.12. The number of anilines is 3. The zero-order valence-electron chi connectivity index (χ0n) is 10.1. The zero-order valence-corrected chi connectivity index (χ0v) is 10.1. The maximum absolute atomic E-state index is 6.02. The largest absolute Gasteiger partial charge is 0.399 e. The van der Waals surface area contributed by atoms with Crippen molar-refractivity contribution in [2.24, 2.45) is 0 Å². The Kier molecular flexibility index (Phi) is 2.91. The van der Waals surface area contributed by atoms with Gasteiger partial charge >= 0.3 is 0 Å². The van der Waals surface area contributed by atoms with Crippen LogP contribution in [0.25, 0.3) is 11.1 Å². The summed E-state index contributed by atoms with van der Waals surface area (Å²) in [6.07, 6.45) is 0. The number of nitrogens with two attached hydrogens (primary N) is 2. The van der Waals surface area contributed by atoms with Crippen LogP contribution < -0.4 is 16.4 Å². The van der Waals surface area contributed by atoms with Crippen LogP contribution in [0.4, 0.5) is 17.1 Å². The molecule has 3 nitrogen and oxygen atoms in total. The fraction of sp³-hybridized carbons (Fsp3) is 0.143. The molecule has 0 aliphatic heterocycles. The van der Waals surface area contributed by atoms with E-state index in [1.807, 2.05) is 55.4 Å². The summed E-state index contributed by atoms with van der Waals surface area (Å²) in [6.45, 7) is 0. The second kappa shape index (κ2) is 4.37. The van der Waals surface area contributed by atoms with E-state index in [9.17, 15) is 0 Å². The predicted molar refractivity (Wildman–Crippen MR) is 75.0 cm³/mol. The molecule has 4 N–H and O–H groups in total. The van der Waals surface area contributed by atoms with Gasteiger partial charge in [-0.2, -0.15) is 0 Å². The maximum atomic E-state index is 6.02. The molecule has 2 aromatic carbocycles. The zero-order chi connectivity index (χ0) is 12.4. The normalized spacial score (nSPS) is 10.2. The lowest BCUT2D eigenvalue weighted by molar-refractivity contribution is 1.14. The number of hydrogen-bond donors (Lipinski definition) is 2. The van der Waals surface area contributed by atoms with Gasteiger partial charge in [-0.3, -0.25) is 0 Å². The van der Waals surface area contributed by atoms with Gasteiger partial charge in [0.25, 0.3) is 0 Å². The van der Waals surface area contributed by atoms with Gasteiger partial charge in [-0.1, -0.05) is 24.3 Å². The molecule has 0 saturated heterocycles. The third-order valence-corrected chi connectivity index (χ3v) is 2.74. The van der Waals surface area contributed by atoms with Gasteiger partial charge in [0.1, 0.15) is 0 Å². The SMILES string of the molecule is CN(C)c1c(N)cccc1-c1ccc(N)cc1. The highest BCUT2D eigenvalue weighted by atomic mass is 15.1. The van der Waals surface area contributed by atoms with Crippen LogP contribution in [0.5, 0.6) is 0 Å². The number of rotatable bonds is 2. The van der Waals surface area contributed by atoms with E-state index in [0.29, 0.717) is 0 Å². The van der Waals surface area contributed by atoms with Crippen molar-refractivity contribution in [3.8, 4) is 11.1 Å². The summed E-state index contributed by atoms with van der Waals surface area (Å²) in [5, 5.41) is 0. The highest BCUT2D eigenvalue weighted by molar-refractivity contribution is 5.86. The fourth-order valence-corrected chi connectivity index (χ4v) is 1.96. The van der Waals surface area contributed by atoms with E-state index in [-0.39, 0.29) is 0 Å². The van der Waals surface area contributed by atoms with Gasteiger partial charge in [0.15, 0.2) is 0 Å².